The summed E-state index contributed by atoms with van der Waals surface area (Å²) in [7, 11) is 1.76. The molecule has 3 rings (SSSR count). The van der Waals surface area contributed by atoms with E-state index in [0.29, 0.717) is 23.0 Å². The number of nitrogens with one attached hydrogen (secondary N) is 1. The van der Waals surface area contributed by atoms with Gasteiger partial charge in [0.15, 0.2) is 5.57 Å². The van der Waals surface area contributed by atoms with Crippen molar-refractivity contribution >= 4 is 23.6 Å². The van der Waals surface area contributed by atoms with E-state index in [1.54, 1.807) is 25.4 Å². The lowest BCUT2D eigenvalue weighted by Gasteiger charge is -2.32. The molecule has 144 valence electrons. The maximum Gasteiger partial charge on any atom is 0.387 e. The molecule has 1 aliphatic heterocycles. The van der Waals surface area contributed by atoms with Crippen LogP contribution in [0.5, 0.6) is 5.75 Å². The Balaban J connectivity index is 1.82. The van der Waals surface area contributed by atoms with Gasteiger partial charge in [-0.05, 0) is 43.5 Å². The summed E-state index contributed by atoms with van der Waals surface area (Å²) < 4.78 is 30.9. The molecule has 1 aromatic rings. The van der Waals surface area contributed by atoms with Gasteiger partial charge in [0.2, 0.25) is 0 Å². The predicted octanol–water partition coefficient (Wildman–Crippen LogP) is 2.75. The molecule has 1 saturated carbocycles. The number of benzene rings is 1. The number of amides is 1. The van der Waals surface area contributed by atoms with Gasteiger partial charge in [0.05, 0.1) is 0 Å². The number of anilines is 1. The molecule has 0 saturated heterocycles. The number of halogens is 2. The molecule has 1 aromatic carbocycles. The molecule has 27 heavy (non-hydrogen) atoms. The predicted molar refractivity (Wildman–Crippen MR) is 99.4 cm³/mol. The number of nitrogens with zero attached hydrogens (tertiary/aromatic N) is 2. The standard InChI is InChI=1S/C19H22F2N4O2/c1-23-10-12-4-2-3-5-16(12)25-11-15(17(22)26)18(25)24-13-6-8-14(9-7-13)27-19(20)21/h6-12,16,19H,2-5H2,1H3,(H2,22,26)/p+1. The molecule has 1 amide bonds. The van der Waals surface area contributed by atoms with Crippen molar-refractivity contribution in [3.8, 4) is 5.75 Å². The van der Waals surface area contributed by atoms with E-state index in [1.165, 1.54) is 12.1 Å². The Morgan fingerprint density at radius 3 is 2.67 bits per heavy atom. The summed E-state index contributed by atoms with van der Waals surface area (Å²) in [6.07, 6.45) is 8.04. The lowest BCUT2D eigenvalue weighted by molar-refractivity contribution is -0.520. The number of ether oxygens (including phenoxy) is 1. The van der Waals surface area contributed by atoms with E-state index in [4.69, 9.17) is 5.73 Å². The molecule has 2 atom stereocenters. The highest BCUT2D eigenvalue weighted by molar-refractivity contribution is 6.24. The van der Waals surface area contributed by atoms with Crippen LogP contribution in [-0.4, -0.2) is 42.2 Å². The van der Waals surface area contributed by atoms with Crippen molar-refractivity contribution in [2.45, 2.75) is 38.3 Å². The van der Waals surface area contributed by atoms with Crippen molar-refractivity contribution in [1.29, 1.82) is 0 Å². The van der Waals surface area contributed by atoms with Crippen LogP contribution in [0.4, 0.5) is 14.5 Å². The van der Waals surface area contributed by atoms with Gasteiger partial charge in [-0.15, -0.1) is 0 Å². The van der Waals surface area contributed by atoms with Gasteiger partial charge in [-0.25, -0.2) is 9.89 Å². The number of nitrogens with two attached hydrogens (primary N) is 1. The Kier molecular flexibility index (Phi) is 5.83. The quantitative estimate of drug-likeness (QED) is 0.591. The molecule has 0 radical (unpaired) electrons. The van der Waals surface area contributed by atoms with Gasteiger partial charge in [0, 0.05) is 19.2 Å². The van der Waals surface area contributed by atoms with Gasteiger partial charge in [0.25, 0.3) is 11.7 Å². The average molecular weight is 377 g/mol. The Morgan fingerprint density at radius 1 is 1.33 bits per heavy atom. The molecule has 1 heterocycles. The van der Waals surface area contributed by atoms with Crippen LogP contribution in [0, 0.1) is 5.92 Å². The summed E-state index contributed by atoms with van der Waals surface area (Å²) in [5, 5.41) is 3.19. The molecule has 0 spiro atoms. The third kappa shape index (κ3) is 4.32. The minimum Gasteiger partial charge on any atom is -0.435 e. The van der Waals surface area contributed by atoms with Crippen molar-refractivity contribution in [2.75, 3.05) is 12.4 Å². The summed E-state index contributed by atoms with van der Waals surface area (Å²) in [5.74, 6) is 0.491. The zero-order valence-corrected chi connectivity index (χ0v) is 15.1. The maximum atomic E-state index is 12.3. The fourth-order valence-corrected chi connectivity index (χ4v) is 3.62. The molecule has 8 heteroatoms. The van der Waals surface area contributed by atoms with Crippen LogP contribution in [0.25, 0.3) is 0 Å². The summed E-state index contributed by atoms with van der Waals surface area (Å²) in [6.45, 7) is -2.87. The first-order valence-corrected chi connectivity index (χ1v) is 8.91. The third-order valence-electron chi connectivity index (χ3n) is 4.87. The van der Waals surface area contributed by atoms with Gasteiger partial charge < -0.3 is 15.5 Å². The minimum atomic E-state index is -2.87. The normalized spacial score (nSPS) is 22.6. The largest absolute Gasteiger partial charge is 0.435 e. The Hall–Kier alpha value is -2.77. The number of alkyl halides is 2. The summed E-state index contributed by atoms with van der Waals surface area (Å²) in [6, 6.07) is 6.32. The first-order valence-electron chi connectivity index (χ1n) is 8.91. The van der Waals surface area contributed by atoms with Crippen LogP contribution in [0.3, 0.4) is 0 Å². The molecular formula is C19H23F2N4O2+. The van der Waals surface area contributed by atoms with Crippen LogP contribution < -0.4 is 15.8 Å². The van der Waals surface area contributed by atoms with Crippen LogP contribution in [0.15, 0.2) is 41.0 Å². The smallest absolute Gasteiger partial charge is 0.387 e. The van der Waals surface area contributed by atoms with Crippen LogP contribution in [0.1, 0.15) is 25.7 Å². The van der Waals surface area contributed by atoms with Crippen LogP contribution in [-0.2, 0) is 4.79 Å². The average Bonchev–Trinajstić information content (AvgIpc) is 2.61. The van der Waals surface area contributed by atoms with E-state index in [9.17, 15) is 13.6 Å². The second kappa shape index (κ2) is 8.28. The monoisotopic (exact) mass is 377 g/mol. The number of hydrogen-bond acceptors (Lipinski definition) is 4. The molecule has 2 aliphatic rings. The van der Waals surface area contributed by atoms with Crippen molar-refractivity contribution in [3.05, 3.63) is 36.0 Å². The van der Waals surface area contributed by atoms with Crippen molar-refractivity contribution in [2.24, 2.45) is 16.6 Å². The van der Waals surface area contributed by atoms with Crippen molar-refractivity contribution in [1.82, 2.24) is 0 Å². The zero-order valence-electron chi connectivity index (χ0n) is 15.1. The van der Waals surface area contributed by atoms with Crippen molar-refractivity contribution < 1.29 is 22.9 Å². The highest BCUT2D eigenvalue weighted by Crippen LogP contribution is 2.29. The Bertz CT molecular complexity index is 787. The minimum absolute atomic E-state index is 0.0724. The fraction of sp³-hybridized carbons (Fsp3) is 0.421. The van der Waals surface area contributed by atoms with Gasteiger partial charge in [-0.2, -0.15) is 8.78 Å². The number of primary amides is 1. The van der Waals surface area contributed by atoms with E-state index in [-0.39, 0.29) is 11.8 Å². The van der Waals surface area contributed by atoms with E-state index < -0.39 is 12.5 Å². The number of carbonyl (C=O) groups excluding carboxylic acids is 1. The van der Waals surface area contributed by atoms with E-state index in [1.807, 2.05) is 10.8 Å². The first-order chi connectivity index (χ1) is 13.0. The molecule has 6 nitrogen and oxygen atoms in total. The summed E-state index contributed by atoms with van der Waals surface area (Å²) in [4.78, 5) is 15.9. The molecule has 0 bridgehead atoms. The number of aliphatic imine (C=N–C) groups is 1. The number of carbonyl (C=O) groups is 1. The maximum absolute atomic E-state index is 12.3. The highest BCUT2D eigenvalue weighted by atomic mass is 19.3. The highest BCUT2D eigenvalue weighted by Gasteiger charge is 2.40. The van der Waals surface area contributed by atoms with Gasteiger partial charge >= 0.3 is 6.61 Å². The lowest BCUT2D eigenvalue weighted by atomic mass is 9.84. The Labute approximate surface area is 156 Å². The SMILES string of the molecule is CN=CC1CCCCC1[N+]1=C(Nc2ccc(OC(F)F)cc2)C(C(N)=O)=C1. The topological polar surface area (TPSA) is 79.7 Å². The zero-order chi connectivity index (χ0) is 19.4. The van der Waals surface area contributed by atoms with Crippen molar-refractivity contribution in [3.63, 3.8) is 0 Å². The lowest BCUT2D eigenvalue weighted by Crippen LogP contribution is -2.47. The number of hydrogen-bond donors (Lipinski definition) is 2. The van der Waals surface area contributed by atoms with E-state index in [2.05, 4.69) is 15.0 Å². The second-order valence-electron chi connectivity index (χ2n) is 6.61. The molecule has 2 unspecified atom stereocenters. The summed E-state index contributed by atoms with van der Waals surface area (Å²) >= 11 is 0. The summed E-state index contributed by atoms with van der Waals surface area (Å²) in [5.41, 5.74) is 6.55. The van der Waals surface area contributed by atoms with Gasteiger partial charge in [0.1, 0.15) is 23.7 Å². The Morgan fingerprint density at radius 2 is 2.04 bits per heavy atom. The fourth-order valence-electron chi connectivity index (χ4n) is 3.62. The molecule has 1 aliphatic carbocycles. The first kappa shape index (κ1) is 19.0. The van der Waals surface area contributed by atoms with Gasteiger partial charge in [-0.3, -0.25) is 4.79 Å². The van der Waals surface area contributed by atoms with E-state index >= 15 is 0 Å². The van der Waals surface area contributed by atoms with Gasteiger partial charge in [-0.1, -0.05) is 6.42 Å². The van der Waals surface area contributed by atoms with Crippen LogP contribution in [0.2, 0.25) is 0 Å². The molecule has 1 fully saturated rings. The number of rotatable bonds is 6. The number of amidine groups is 1. The van der Waals surface area contributed by atoms with Crippen LogP contribution >= 0.6 is 0 Å². The molecule has 0 aromatic heterocycles. The molecule has 3 N–H and O–H groups in total. The van der Waals surface area contributed by atoms with E-state index in [0.717, 1.165) is 25.7 Å². The second-order valence-corrected chi connectivity index (χ2v) is 6.61. The molecular weight excluding hydrogens is 354 g/mol. The third-order valence-corrected chi connectivity index (χ3v) is 4.87.